The standard InChI is InChI=1S/C21H21ClN6O3/c1-30-10-9-28-19(14-11-13(22)6-7-17(14)31-2)15(12-24-28)25-21(29)18-16-5-3-4-8-27(16)26-20(18)23/h3-8,11-12H,9-10H2,1-2H3,(H2,23,26)(H,25,29). The van der Waals surface area contributed by atoms with E-state index in [9.17, 15) is 4.79 Å². The van der Waals surface area contributed by atoms with Gasteiger partial charge in [0.15, 0.2) is 5.82 Å². The second-order valence-electron chi connectivity index (χ2n) is 6.71. The maximum Gasteiger partial charge on any atom is 0.261 e. The summed E-state index contributed by atoms with van der Waals surface area (Å²) in [5.74, 6) is 0.333. The van der Waals surface area contributed by atoms with Crippen molar-refractivity contribution in [3.63, 3.8) is 0 Å². The molecule has 0 unspecified atom stereocenters. The molecule has 1 amide bonds. The molecule has 31 heavy (non-hydrogen) atoms. The van der Waals surface area contributed by atoms with E-state index in [1.54, 1.807) is 60.1 Å². The largest absolute Gasteiger partial charge is 0.496 e. The molecular formula is C21H21ClN6O3. The zero-order valence-corrected chi connectivity index (χ0v) is 17.8. The van der Waals surface area contributed by atoms with E-state index < -0.39 is 5.91 Å². The molecule has 10 heteroatoms. The van der Waals surface area contributed by atoms with Gasteiger partial charge in [-0.1, -0.05) is 17.7 Å². The van der Waals surface area contributed by atoms with Gasteiger partial charge in [0.25, 0.3) is 5.91 Å². The van der Waals surface area contributed by atoms with E-state index in [2.05, 4.69) is 15.5 Å². The summed E-state index contributed by atoms with van der Waals surface area (Å²) in [6.45, 7) is 0.905. The summed E-state index contributed by atoms with van der Waals surface area (Å²) in [6, 6.07) is 10.7. The van der Waals surface area contributed by atoms with Gasteiger partial charge in [-0.2, -0.15) is 5.10 Å². The third-order valence-electron chi connectivity index (χ3n) is 4.81. The van der Waals surface area contributed by atoms with E-state index in [0.717, 1.165) is 0 Å². The molecule has 3 aromatic heterocycles. The summed E-state index contributed by atoms with van der Waals surface area (Å²) in [6.07, 6.45) is 3.30. The first-order valence-electron chi connectivity index (χ1n) is 9.46. The van der Waals surface area contributed by atoms with E-state index >= 15 is 0 Å². The third-order valence-corrected chi connectivity index (χ3v) is 5.04. The second-order valence-corrected chi connectivity index (χ2v) is 7.15. The Hall–Kier alpha value is -3.56. The Morgan fingerprint density at radius 2 is 2.10 bits per heavy atom. The van der Waals surface area contributed by atoms with Crippen LogP contribution in [0.4, 0.5) is 11.5 Å². The lowest BCUT2D eigenvalue weighted by molar-refractivity contribution is 0.102. The fourth-order valence-electron chi connectivity index (χ4n) is 3.41. The number of hydrogen-bond acceptors (Lipinski definition) is 6. The zero-order valence-electron chi connectivity index (χ0n) is 17.0. The number of halogens is 1. The number of nitrogen functional groups attached to an aromatic ring is 1. The molecule has 0 aliphatic rings. The van der Waals surface area contributed by atoms with Gasteiger partial charge in [-0.25, -0.2) is 4.52 Å². The Morgan fingerprint density at radius 3 is 2.87 bits per heavy atom. The van der Waals surface area contributed by atoms with Crippen LogP contribution in [-0.4, -0.2) is 46.1 Å². The van der Waals surface area contributed by atoms with Crippen molar-refractivity contribution < 1.29 is 14.3 Å². The average molecular weight is 441 g/mol. The molecule has 0 aliphatic carbocycles. The van der Waals surface area contributed by atoms with Gasteiger partial charge in [0.2, 0.25) is 0 Å². The van der Waals surface area contributed by atoms with Gasteiger partial charge in [0.05, 0.1) is 43.4 Å². The van der Waals surface area contributed by atoms with E-state index in [1.165, 1.54) is 0 Å². The number of anilines is 2. The van der Waals surface area contributed by atoms with Gasteiger partial charge in [-0.3, -0.25) is 9.48 Å². The summed E-state index contributed by atoms with van der Waals surface area (Å²) in [5.41, 5.74) is 8.72. The van der Waals surface area contributed by atoms with Crippen molar-refractivity contribution in [2.45, 2.75) is 6.54 Å². The Balaban J connectivity index is 1.79. The maximum atomic E-state index is 13.2. The number of ether oxygens (including phenoxy) is 2. The monoisotopic (exact) mass is 440 g/mol. The number of carbonyl (C=O) groups excluding carboxylic acids is 1. The Bertz CT molecular complexity index is 1250. The first-order chi connectivity index (χ1) is 15.0. The molecule has 0 spiro atoms. The summed E-state index contributed by atoms with van der Waals surface area (Å²) in [4.78, 5) is 13.2. The van der Waals surface area contributed by atoms with Crippen molar-refractivity contribution in [3.8, 4) is 17.0 Å². The number of fused-ring (bicyclic) bond motifs is 1. The van der Waals surface area contributed by atoms with Gasteiger partial charge < -0.3 is 20.5 Å². The van der Waals surface area contributed by atoms with Crippen LogP contribution in [0, 0.1) is 0 Å². The first kappa shape index (κ1) is 20.7. The number of rotatable bonds is 7. The first-order valence-corrected chi connectivity index (χ1v) is 9.84. The number of amides is 1. The van der Waals surface area contributed by atoms with Crippen LogP contribution in [0.2, 0.25) is 5.02 Å². The van der Waals surface area contributed by atoms with Crippen LogP contribution in [0.15, 0.2) is 48.8 Å². The zero-order chi connectivity index (χ0) is 22.0. The molecule has 0 fully saturated rings. The van der Waals surface area contributed by atoms with Crippen molar-refractivity contribution in [1.29, 1.82) is 0 Å². The number of carbonyl (C=O) groups is 1. The molecular weight excluding hydrogens is 420 g/mol. The molecule has 0 radical (unpaired) electrons. The predicted octanol–water partition coefficient (Wildman–Crippen LogP) is 3.34. The summed E-state index contributed by atoms with van der Waals surface area (Å²) >= 11 is 6.25. The lowest BCUT2D eigenvalue weighted by Crippen LogP contribution is -2.14. The summed E-state index contributed by atoms with van der Waals surface area (Å²) in [5, 5.41) is 12.1. The van der Waals surface area contributed by atoms with Crippen molar-refractivity contribution in [3.05, 3.63) is 59.4 Å². The van der Waals surface area contributed by atoms with Gasteiger partial charge in [-0.15, -0.1) is 5.10 Å². The Morgan fingerprint density at radius 1 is 1.26 bits per heavy atom. The summed E-state index contributed by atoms with van der Waals surface area (Å²) < 4.78 is 14.0. The minimum atomic E-state index is -0.396. The Kier molecular flexibility index (Phi) is 5.79. The number of nitrogens with one attached hydrogen (secondary N) is 1. The highest BCUT2D eigenvalue weighted by Crippen LogP contribution is 2.37. The molecule has 0 saturated carbocycles. The van der Waals surface area contributed by atoms with E-state index in [1.807, 2.05) is 12.1 Å². The van der Waals surface area contributed by atoms with E-state index in [-0.39, 0.29) is 11.4 Å². The lowest BCUT2D eigenvalue weighted by atomic mass is 10.1. The molecule has 3 heterocycles. The van der Waals surface area contributed by atoms with Crippen LogP contribution in [0.25, 0.3) is 16.8 Å². The highest BCUT2D eigenvalue weighted by Gasteiger charge is 2.23. The van der Waals surface area contributed by atoms with Crippen molar-refractivity contribution in [2.24, 2.45) is 0 Å². The molecule has 9 nitrogen and oxygen atoms in total. The fourth-order valence-corrected chi connectivity index (χ4v) is 3.58. The van der Waals surface area contributed by atoms with Crippen molar-refractivity contribution in [1.82, 2.24) is 19.4 Å². The number of hydrogen-bond donors (Lipinski definition) is 2. The number of nitrogens with zero attached hydrogens (tertiary/aromatic N) is 4. The van der Waals surface area contributed by atoms with Crippen LogP contribution in [-0.2, 0) is 11.3 Å². The van der Waals surface area contributed by atoms with Gasteiger partial charge >= 0.3 is 0 Å². The minimum absolute atomic E-state index is 0.136. The molecule has 3 N–H and O–H groups in total. The van der Waals surface area contributed by atoms with Gasteiger partial charge in [0.1, 0.15) is 11.3 Å². The molecule has 0 atom stereocenters. The molecule has 4 aromatic rings. The van der Waals surface area contributed by atoms with Crippen LogP contribution < -0.4 is 15.8 Å². The van der Waals surface area contributed by atoms with E-state index in [4.69, 9.17) is 26.8 Å². The number of nitrogens with two attached hydrogens (primary N) is 1. The Labute approximate surface area is 183 Å². The molecule has 0 aliphatic heterocycles. The molecule has 1 aromatic carbocycles. The van der Waals surface area contributed by atoms with E-state index in [0.29, 0.717) is 46.4 Å². The molecule has 160 valence electrons. The topological polar surface area (TPSA) is 109 Å². The van der Waals surface area contributed by atoms with Gasteiger partial charge in [0, 0.05) is 23.9 Å². The number of pyridine rings is 1. The fraction of sp³-hybridized carbons (Fsp3) is 0.190. The average Bonchev–Trinajstić information content (AvgIpc) is 3.31. The highest BCUT2D eigenvalue weighted by molar-refractivity contribution is 6.31. The lowest BCUT2D eigenvalue weighted by Gasteiger charge is -2.14. The minimum Gasteiger partial charge on any atom is -0.496 e. The normalized spacial score (nSPS) is 11.1. The van der Waals surface area contributed by atoms with Crippen molar-refractivity contribution in [2.75, 3.05) is 31.9 Å². The van der Waals surface area contributed by atoms with Crippen LogP contribution in [0.3, 0.4) is 0 Å². The molecule has 0 bridgehead atoms. The molecule has 0 saturated heterocycles. The van der Waals surface area contributed by atoms with Crippen LogP contribution in [0.1, 0.15) is 10.4 Å². The highest BCUT2D eigenvalue weighted by atomic mass is 35.5. The summed E-state index contributed by atoms with van der Waals surface area (Å²) in [7, 11) is 3.18. The smallest absolute Gasteiger partial charge is 0.261 e. The van der Waals surface area contributed by atoms with Gasteiger partial charge in [-0.05, 0) is 30.3 Å². The van der Waals surface area contributed by atoms with Crippen LogP contribution in [0.5, 0.6) is 5.75 Å². The van der Waals surface area contributed by atoms with Crippen molar-refractivity contribution >= 4 is 34.5 Å². The number of methoxy groups -OCH3 is 2. The quantitative estimate of drug-likeness (QED) is 0.456. The molecule has 4 rings (SSSR count). The number of benzene rings is 1. The second kappa shape index (κ2) is 8.66. The maximum absolute atomic E-state index is 13.2. The predicted molar refractivity (Wildman–Crippen MR) is 119 cm³/mol. The van der Waals surface area contributed by atoms with Crippen LogP contribution >= 0.6 is 11.6 Å². The SMILES string of the molecule is COCCn1ncc(NC(=O)c2c(N)nn3ccccc23)c1-c1cc(Cl)ccc1OC. The number of aromatic nitrogens is 4. The third kappa shape index (κ3) is 3.92.